The molecule has 0 saturated heterocycles. The summed E-state index contributed by atoms with van der Waals surface area (Å²) < 4.78 is 0. The number of rotatable bonds is 11. The molecule has 0 aliphatic carbocycles. The normalized spacial score (nSPS) is 14.0. The molecule has 1 rings (SSSR count). The van der Waals surface area contributed by atoms with Crippen LogP contribution in [-0.2, 0) is 25.6 Å². The van der Waals surface area contributed by atoms with E-state index in [2.05, 4.69) is 25.9 Å². The number of aliphatic carboxylic acids is 1. The third-order valence-electron chi connectivity index (χ3n) is 3.84. The van der Waals surface area contributed by atoms with Crippen LogP contribution in [0.4, 0.5) is 0 Å². The van der Waals surface area contributed by atoms with E-state index in [1.54, 1.807) is 0 Å². The first-order valence-electron chi connectivity index (χ1n) is 8.93. The van der Waals surface area contributed by atoms with Crippen molar-refractivity contribution >= 4 is 23.7 Å². The summed E-state index contributed by atoms with van der Waals surface area (Å²) in [6.07, 6.45) is 3.45. The first-order chi connectivity index (χ1) is 13.1. The van der Waals surface area contributed by atoms with Gasteiger partial charge in [-0.3, -0.25) is 19.2 Å². The van der Waals surface area contributed by atoms with Gasteiger partial charge < -0.3 is 31.8 Å². The van der Waals surface area contributed by atoms with Crippen LogP contribution in [0, 0.1) is 5.92 Å². The van der Waals surface area contributed by atoms with Gasteiger partial charge in [0, 0.05) is 18.3 Å². The number of amides is 3. The topological polar surface area (TPSA) is 179 Å². The number of nitrogens with zero attached hydrogens (tertiary/aromatic N) is 1. The molecule has 11 heteroatoms. The van der Waals surface area contributed by atoms with E-state index in [4.69, 9.17) is 10.8 Å². The first kappa shape index (κ1) is 23.1. The Hall–Kier alpha value is -2.95. The molecule has 156 valence electrons. The molecule has 1 aromatic heterocycles. The number of aromatic nitrogens is 2. The molecule has 11 nitrogen and oxygen atoms in total. The molecule has 1 aromatic rings. The molecule has 3 unspecified atom stereocenters. The lowest BCUT2D eigenvalue weighted by molar-refractivity contribution is -0.138. The second-order valence-corrected chi connectivity index (χ2v) is 6.92. The minimum atomic E-state index is -1.21. The number of imidazole rings is 1. The van der Waals surface area contributed by atoms with Crippen molar-refractivity contribution in [2.24, 2.45) is 11.7 Å². The second kappa shape index (κ2) is 11.0. The zero-order valence-corrected chi connectivity index (χ0v) is 16.2. The number of aromatic amines is 1. The number of nitrogens with two attached hydrogens (primary N) is 1. The van der Waals surface area contributed by atoms with E-state index in [-0.39, 0.29) is 12.3 Å². The van der Waals surface area contributed by atoms with Crippen LogP contribution in [-0.4, -0.2) is 63.4 Å². The summed E-state index contributed by atoms with van der Waals surface area (Å²) in [5.41, 5.74) is 6.38. The zero-order chi connectivity index (χ0) is 21.3. The summed E-state index contributed by atoms with van der Waals surface area (Å²) in [6, 6.07) is -2.71. The highest BCUT2D eigenvalue weighted by atomic mass is 16.4. The van der Waals surface area contributed by atoms with Crippen LogP contribution in [0.25, 0.3) is 0 Å². The van der Waals surface area contributed by atoms with Crippen LogP contribution < -0.4 is 21.7 Å². The molecule has 0 bridgehead atoms. The Bertz CT molecular complexity index is 676. The second-order valence-electron chi connectivity index (χ2n) is 6.92. The van der Waals surface area contributed by atoms with E-state index in [1.807, 2.05) is 13.8 Å². The van der Waals surface area contributed by atoms with Gasteiger partial charge >= 0.3 is 5.97 Å². The molecule has 28 heavy (non-hydrogen) atoms. The van der Waals surface area contributed by atoms with Crippen molar-refractivity contribution in [3.05, 3.63) is 18.2 Å². The molecule has 0 aliphatic rings. The van der Waals surface area contributed by atoms with Gasteiger partial charge in [0.15, 0.2) is 0 Å². The van der Waals surface area contributed by atoms with Gasteiger partial charge in [-0.15, -0.1) is 0 Å². The van der Waals surface area contributed by atoms with Gasteiger partial charge in [-0.25, -0.2) is 4.98 Å². The highest BCUT2D eigenvalue weighted by molar-refractivity contribution is 5.93. The van der Waals surface area contributed by atoms with Crippen molar-refractivity contribution in [3.8, 4) is 0 Å². The van der Waals surface area contributed by atoms with Crippen molar-refractivity contribution in [3.63, 3.8) is 0 Å². The predicted molar refractivity (Wildman–Crippen MR) is 99.9 cm³/mol. The van der Waals surface area contributed by atoms with E-state index in [9.17, 15) is 19.2 Å². The summed E-state index contributed by atoms with van der Waals surface area (Å²) in [6.45, 7) is 4.75. The van der Waals surface area contributed by atoms with E-state index in [1.165, 1.54) is 19.4 Å². The molecule has 0 aliphatic heterocycles. The standard InChI is InChI=1S/C17H28N6O5/c1-9(2)4-12(18)16(27)22-10(3)15(26)23-13(5-11-6-19-8-21-11)17(28)20-7-14(24)25/h6,8-10,12-13H,4-5,7,18H2,1-3H3,(H,19,21)(H,20,28)(H,22,27)(H,23,26)(H,24,25). The largest absolute Gasteiger partial charge is 0.480 e. The molecule has 3 amide bonds. The summed E-state index contributed by atoms with van der Waals surface area (Å²) in [4.78, 5) is 54.0. The molecule has 0 spiro atoms. The van der Waals surface area contributed by atoms with E-state index in [0.717, 1.165) is 0 Å². The number of H-pyrrole nitrogens is 1. The average Bonchev–Trinajstić information content (AvgIpc) is 3.11. The van der Waals surface area contributed by atoms with Gasteiger partial charge in [-0.2, -0.15) is 0 Å². The Morgan fingerprint density at radius 1 is 1.14 bits per heavy atom. The summed E-state index contributed by atoms with van der Waals surface area (Å²) >= 11 is 0. The fourth-order valence-electron chi connectivity index (χ4n) is 2.41. The van der Waals surface area contributed by atoms with Crippen LogP contribution in [0.3, 0.4) is 0 Å². The Labute approximate surface area is 162 Å². The van der Waals surface area contributed by atoms with E-state index in [0.29, 0.717) is 12.1 Å². The van der Waals surface area contributed by atoms with Crippen molar-refractivity contribution in [2.45, 2.75) is 51.7 Å². The van der Waals surface area contributed by atoms with Gasteiger partial charge in [0.25, 0.3) is 0 Å². The van der Waals surface area contributed by atoms with Crippen molar-refractivity contribution < 1.29 is 24.3 Å². The lowest BCUT2D eigenvalue weighted by Gasteiger charge is -2.22. The van der Waals surface area contributed by atoms with Crippen molar-refractivity contribution in [1.82, 2.24) is 25.9 Å². The molecule has 0 fully saturated rings. The summed E-state index contributed by atoms with van der Waals surface area (Å²) in [7, 11) is 0. The number of carbonyl (C=O) groups excluding carboxylic acids is 3. The Balaban J connectivity index is 2.71. The fraction of sp³-hybridized carbons (Fsp3) is 0.588. The van der Waals surface area contributed by atoms with Crippen molar-refractivity contribution in [1.29, 1.82) is 0 Å². The van der Waals surface area contributed by atoms with Crippen LogP contribution in [0.5, 0.6) is 0 Å². The van der Waals surface area contributed by atoms with Crippen LogP contribution >= 0.6 is 0 Å². The maximum Gasteiger partial charge on any atom is 0.322 e. The minimum Gasteiger partial charge on any atom is -0.480 e. The van der Waals surface area contributed by atoms with Crippen LogP contribution in [0.15, 0.2) is 12.5 Å². The number of hydrogen-bond donors (Lipinski definition) is 6. The Kier molecular flexibility index (Phi) is 9.09. The maximum atomic E-state index is 12.4. The van der Waals surface area contributed by atoms with E-state index < -0.39 is 48.4 Å². The first-order valence-corrected chi connectivity index (χ1v) is 8.93. The molecule has 0 saturated carbocycles. The highest BCUT2D eigenvalue weighted by Gasteiger charge is 2.26. The van der Waals surface area contributed by atoms with Gasteiger partial charge in [0.2, 0.25) is 17.7 Å². The SMILES string of the molecule is CC(C)CC(N)C(=O)NC(C)C(=O)NC(Cc1cnc[nH]1)C(=O)NCC(=O)O. The van der Waals surface area contributed by atoms with Gasteiger partial charge in [-0.1, -0.05) is 13.8 Å². The van der Waals surface area contributed by atoms with Gasteiger partial charge in [0.05, 0.1) is 12.4 Å². The zero-order valence-electron chi connectivity index (χ0n) is 16.2. The molecular weight excluding hydrogens is 368 g/mol. The highest BCUT2D eigenvalue weighted by Crippen LogP contribution is 2.03. The fourth-order valence-corrected chi connectivity index (χ4v) is 2.41. The van der Waals surface area contributed by atoms with Crippen molar-refractivity contribution in [2.75, 3.05) is 6.54 Å². The third kappa shape index (κ3) is 8.16. The summed E-state index contributed by atoms with van der Waals surface area (Å²) in [5.74, 6) is -2.71. The monoisotopic (exact) mass is 396 g/mol. The predicted octanol–water partition coefficient (Wildman–Crippen LogP) is -1.48. The molecule has 0 radical (unpaired) electrons. The molecular formula is C17H28N6O5. The number of nitrogens with one attached hydrogen (secondary N) is 4. The third-order valence-corrected chi connectivity index (χ3v) is 3.84. The number of carboxylic acid groups (broad SMARTS) is 1. The lowest BCUT2D eigenvalue weighted by atomic mass is 10.0. The maximum absolute atomic E-state index is 12.4. The number of carboxylic acids is 1. The molecule has 0 aromatic carbocycles. The van der Waals surface area contributed by atoms with E-state index >= 15 is 0 Å². The average molecular weight is 396 g/mol. The molecule has 1 heterocycles. The summed E-state index contributed by atoms with van der Waals surface area (Å²) in [5, 5.41) is 16.0. The lowest BCUT2D eigenvalue weighted by Crippen LogP contribution is -2.55. The number of carbonyl (C=O) groups is 4. The Morgan fingerprint density at radius 2 is 1.82 bits per heavy atom. The van der Waals surface area contributed by atoms with Crippen LogP contribution in [0.2, 0.25) is 0 Å². The smallest absolute Gasteiger partial charge is 0.322 e. The minimum absolute atomic E-state index is 0.0741. The van der Waals surface area contributed by atoms with Gasteiger partial charge in [-0.05, 0) is 19.3 Å². The van der Waals surface area contributed by atoms with Crippen LogP contribution in [0.1, 0.15) is 32.9 Å². The number of hydrogen-bond acceptors (Lipinski definition) is 6. The quantitative estimate of drug-likeness (QED) is 0.264. The Morgan fingerprint density at radius 3 is 2.36 bits per heavy atom. The molecule has 7 N–H and O–H groups in total. The van der Waals surface area contributed by atoms with Gasteiger partial charge in [0.1, 0.15) is 18.6 Å². The molecule has 3 atom stereocenters.